The third-order valence-corrected chi connectivity index (χ3v) is 3.80. The molecule has 2 rings (SSSR count). The van der Waals surface area contributed by atoms with Gasteiger partial charge in [0.2, 0.25) is 0 Å². The minimum Gasteiger partial charge on any atom is -0.310 e. The molecule has 0 aliphatic heterocycles. The van der Waals surface area contributed by atoms with Crippen molar-refractivity contribution in [3.63, 3.8) is 0 Å². The average molecular weight is 289 g/mol. The monoisotopic (exact) mass is 289 g/mol. The van der Waals surface area contributed by atoms with E-state index in [1.54, 1.807) is 6.07 Å². The number of hydrogen-bond acceptors (Lipinski definition) is 1. The van der Waals surface area contributed by atoms with Gasteiger partial charge in [-0.05, 0) is 36.2 Å². The molecule has 0 heterocycles. The van der Waals surface area contributed by atoms with Gasteiger partial charge in [-0.3, -0.25) is 0 Å². The molecule has 3 heteroatoms. The van der Waals surface area contributed by atoms with Gasteiger partial charge < -0.3 is 5.32 Å². The summed E-state index contributed by atoms with van der Waals surface area (Å²) in [6.45, 7) is 4.90. The van der Waals surface area contributed by atoms with Crippen molar-refractivity contribution in [1.82, 2.24) is 5.32 Å². The standard InChI is InChI=1S/C18H21F2N/c1-3-15(13-8-6-5-7-9-13)18(21-4-2)14-10-11-16(19)17(20)12-14/h5-12,15,18,21H,3-4H2,1-2H3. The first kappa shape index (κ1) is 15.6. The molecule has 2 atom stereocenters. The molecule has 1 nitrogen and oxygen atoms in total. The van der Waals surface area contributed by atoms with Crippen LogP contribution in [0.25, 0.3) is 0 Å². The normalized spacial score (nSPS) is 13.9. The zero-order chi connectivity index (χ0) is 15.2. The Morgan fingerprint density at radius 2 is 1.62 bits per heavy atom. The van der Waals surface area contributed by atoms with E-state index in [0.29, 0.717) is 0 Å². The minimum absolute atomic E-state index is 0.0301. The first-order valence-electron chi connectivity index (χ1n) is 7.40. The van der Waals surface area contributed by atoms with E-state index in [9.17, 15) is 8.78 Å². The van der Waals surface area contributed by atoms with Crippen LogP contribution in [0, 0.1) is 11.6 Å². The Balaban J connectivity index is 2.38. The molecule has 2 unspecified atom stereocenters. The van der Waals surface area contributed by atoms with Gasteiger partial charge in [0.25, 0.3) is 0 Å². The van der Waals surface area contributed by atoms with Gasteiger partial charge in [-0.25, -0.2) is 8.78 Å². The maximum Gasteiger partial charge on any atom is 0.159 e. The molecule has 21 heavy (non-hydrogen) atoms. The topological polar surface area (TPSA) is 12.0 Å². The quantitative estimate of drug-likeness (QED) is 0.804. The van der Waals surface area contributed by atoms with E-state index < -0.39 is 11.6 Å². The van der Waals surface area contributed by atoms with E-state index in [2.05, 4.69) is 24.4 Å². The first-order chi connectivity index (χ1) is 10.2. The zero-order valence-corrected chi connectivity index (χ0v) is 12.4. The second-order valence-corrected chi connectivity index (χ2v) is 5.13. The van der Waals surface area contributed by atoms with Gasteiger partial charge in [-0.15, -0.1) is 0 Å². The van der Waals surface area contributed by atoms with Gasteiger partial charge in [-0.1, -0.05) is 50.2 Å². The van der Waals surface area contributed by atoms with Gasteiger partial charge >= 0.3 is 0 Å². The van der Waals surface area contributed by atoms with Crippen LogP contribution in [0.2, 0.25) is 0 Å². The van der Waals surface area contributed by atoms with Crippen LogP contribution in [0.4, 0.5) is 8.78 Å². The lowest BCUT2D eigenvalue weighted by molar-refractivity contribution is 0.439. The average Bonchev–Trinajstić information content (AvgIpc) is 2.51. The van der Waals surface area contributed by atoms with E-state index in [-0.39, 0.29) is 12.0 Å². The van der Waals surface area contributed by atoms with Crippen LogP contribution in [0.5, 0.6) is 0 Å². The van der Waals surface area contributed by atoms with Crippen molar-refractivity contribution in [2.75, 3.05) is 6.54 Å². The van der Waals surface area contributed by atoms with Crippen LogP contribution in [0.1, 0.15) is 43.4 Å². The molecule has 0 aliphatic carbocycles. The number of nitrogens with one attached hydrogen (secondary N) is 1. The fourth-order valence-corrected chi connectivity index (χ4v) is 2.78. The molecule has 0 saturated carbocycles. The molecule has 0 bridgehead atoms. The summed E-state index contributed by atoms with van der Waals surface area (Å²) >= 11 is 0. The van der Waals surface area contributed by atoms with Crippen LogP contribution < -0.4 is 5.32 Å². The van der Waals surface area contributed by atoms with Crippen molar-refractivity contribution in [1.29, 1.82) is 0 Å². The highest BCUT2D eigenvalue weighted by molar-refractivity contribution is 5.29. The maximum atomic E-state index is 13.5. The van der Waals surface area contributed by atoms with Crippen molar-refractivity contribution >= 4 is 0 Å². The van der Waals surface area contributed by atoms with Crippen molar-refractivity contribution in [3.05, 3.63) is 71.3 Å². The number of halogens is 2. The summed E-state index contributed by atoms with van der Waals surface area (Å²) in [6, 6.07) is 14.3. The van der Waals surface area contributed by atoms with E-state index in [0.717, 1.165) is 18.5 Å². The number of likely N-dealkylation sites (N-methyl/N-ethyl adjacent to an activating group) is 1. The van der Waals surface area contributed by atoms with Crippen LogP contribution in [-0.2, 0) is 0 Å². The largest absolute Gasteiger partial charge is 0.310 e. The highest BCUT2D eigenvalue weighted by atomic mass is 19.2. The van der Waals surface area contributed by atoms with E-state index in [1.807, 2.05) is 25.1 Å². The smallest absolute Gasteiger partial charge is 0.159 e. The summed E-state index contributed by atoms with van der Waals surface area (Å²) < 4.78 is 26.7. The zero-order valence-electron chi connectivity index (χ0n) is 12.4. The Hall–Kier alpha value is -1.74. The minimum atomic E-state index is -0.804. The summed E-state index contributed by atoms with van der Waals surface area (Å²) in [4.78, 5) is 0. The van der Waals surface area contributed by atoms with Crippen LogP contribution in [0.15, 0.2) is 48.5 Å². The molecule has 1 N–H and O–H groups in total. The summed E-state index contributed by atoms with van der Waals surface area (Å²) in [6.07, 6.45) is 0.917. The van der Waals surface area contributed by atoms with Gasteiger partial charge in [0, 0.05) is 12.0 Å². The van der Waals surface area contributed by atoms with Crippen molar-refractivity contribution < 1.29 is 8.78 Å². The van der Waals surface area contributed by atoms with E-state index >= 15 is 0 Å². The second kappa shape index (κ2) is 7.32. The number of rotatable bonds is 6. The lowest BCUT2D eigenvalue weighted by atomic mass is 9.85. The summed E-state index contributed by atoms with van der Waals surface area (Å²) in [5.41, 5.74) is 1.99. The molecule has 0 saturated heterocycles. The fourth-order valence-electron chi connectivity index (χ4n) is 2.78. The Morgan fingerprint density at radius 3 is 2.19 bits per heavy atom. The lowest BCUT2D eigenvalue weighted by Gasteiger charge is -2.28. The van der Waals surface area contributed by atoms with Gasteiger partial charge in [0.05, 0.1) is 0 Å². The third kappa shape index (κ3) is 3.67. The molecule has 2 aromatic rings. The van der Waals surface area contributed by atoms with Gasteiger partial charge in [0.1, 0.15) is 0 Å². The van der Waals surface area contributed by atoms with E-state index in [1.165, 1.54) is 17.7 Å². The molecular formula is C18H21F2N. The second-order valence-electron chi connectivity index (χ2n) is 5.13. The highest BCUT2D eigenvalue weighted by Crippen LogP contribution is 2.34. The Kier molecular flexibility index (Phi) is 5.45. The first-order valence-corrected chi connectivity index (χ1v) is 7.40. The lowest BCUT2D eigenvalue weighted by Crippen LogP contribution is -2.27. The molecule has 0 aromatic heterocycles. The van der Waals surface area contributed by atoms with Gasteiger partial charge in [-0.2, -0.15) is 0 Å². The third-order valence-electron chi connectivity index (χ3n) is 3.80. The fraction of sp³-hybridized carbons (Fsp3) is 0.333. The van der Waals surface area contributed by atoms with E-state index in [4.69, 9.17) is 0 Å². The maximum absolute atomic E-state index is 13.5. The molecular weight excluding hydrogens is 268 g/mol. The Bertz CT molecular complexity index is 569. The van der Waals surface area contributed by atoms with Crippen molar-refractivity contribution in [2.24, 2.45) is 0 Å². The Morgan fingerprint density at radius 1 is 0.905 bits per heavy atom. The molecule has 0 radical (unpaired) electrons. The number of hydrogen-bond donors (Lipinski definition) is 1. The van der Waals surface area contributed by atoms with Crippen LogP contribution in [-0.4, -0.2) is 6.54 Å². The highest BCUT2D eigenvalue weighted by Gasteiger charge is 2.23. The molecule has 0 amide bonds. The SMILES string of the molecule is CCNC(c1ccc(F)c(F)c1)C(CC)c1ccccc1. The van der Waals surface area contributed by atoms with Gasteiger partial charge in [0.15, 0.2) is 11.6 Å². The summed E-state index contributed by atoms with van der Waals surface area (Å²) in [5, 5.41) is 3.41. The predicted molar refractivity (Wildman–Crippen MR) is 82.2 cm³/mol. The number of benzene rings is 2. The molecule has 2 aromatic carbocycles. The summed E-state index contributed by atoms with van der Waals surface area (Å²) in [5.74, 6) is -1.38. The molecule has 112 valence electrons. The van der Waals surface area contributed by atoms with Crippen molar-refractivity contribution in [3.8, 4) is 0 Å². The van der Waals surface area contributed by atoms with Crippen LogP contribution >= 0.6 is 0 Å². The Labute approximate surface area is 125 Å². The molecule has 0 spiro atoms. The summed E-state index contributed by atoms with van der Waals surface area (Å²) in [7, 11) is 0. The molecule has 0 aliphatic rings. The van der Waals surface area contributed by atoms with Crippen LogP contribution in [0.3, 0.4) is 0 Å². The van der Waals surface area contributed by atoms with Crippen molar-refractivity contribution in [2.45, 2.75) is 32.2 Å². The molecule has 0 fully saturated rings. The predicted octanol–water partition coefficient (Wildman–Crippen LogP) is 4.81.